The molecule has 9 nitrogen and oxygen atoms in total. The van der Waals surface area contributed by atoms with Crippen molar-refractivity contribution in [2.75, 3.05) is 80.7 Å². The molecule has 0 spiro atoms. The summed E-state index contributed by atoms with van der Waals surface area (Å²) in [6.07, 6.45) is 1.65. The maximum atomic E-state index is 11.6. The number of rotatable bonds is 22. The molecule has 216 valence electrons. The van der Waals surface area contributed by atoms with Gasteiger partial charge in [0.25, 0.3) is 0 Å². The first-order valence-electron chi connectivity index (χ1n) is 13.4. The van der Waals surface area contributed by atoms with Crippen molar-refractivity contribution in [2.24, 2.45) is 0 Å². The molecule has 0 heterocycles. The predicted octanol–water partition coefficient (Wildman–Crippen LogP) is 1.68. The maximum Gasteiger partial charge on any atom is 0.246 e. The second-order valence-electron chi connectivity index (χ2n) is 11.7. The van der Waals surface area contributed by atoms with Crippen molar-refractivity contribution in [3.8, 4) is 0 Å². The van der Waals surface area contributed by atoms with Crippen LogP contribution in [0.4, 0.5) is 0 Å². The molecule has 0 aromatic carbocycles. The van der Waals surface area contributed by atoms with E-state index >= 15 is 0 Å². The van der Waals surface area contributed by atoms with E-state index in [0.29, 0.717) is 52.8 Å². The first-order chi connectivity index (χ1) is 17.0. The molecule has 0 radical (unpaired) electrons. The van der Waals surface area contributed by atoms with Crippen molar-refractivity contribution < 1.29 is 38.2 Å². The fourth-order valence-corrected chi connectivity index (χ4v) is 4.02. The summed E-state index contributed by atoms with van der Waals surface area (Å²) in [7, 11) is 8.21. The van der Waals surface area contributed by atoms with Gasteiger partial charge in [0, 0.05) is 25.0 Å². The zero-order valence-electron chi connectivity index (χ0n) is 24.6. The average Bonchev–Trinajstić information content (AvgIpc) is 2.77. The number of unbranched alkanes of at least 4 members (excludes halogenated alkanes) is 1. The number of hydrogen-bond acceptors (Lipinski definition) is 6. The molecule has 0 aliphatic rings. The number of quaternary nitrogens is 2. The van der Waals surface area contributed by atoms with Gasteiger partial charge in [-0.05, 0) is 39.2 Å². The van der Waals surface area contributed by atoms with Gasteiger partial charge in [0.15, 0.2) is 5.78 Å². The van der Waals surface area contributed by atoms with Crippen LogP contribution >= 0.6 is 0 Å². The van der Waals surface area contributed by atoms with Crippen LogP contribution in [0.5, 0.6) is 0 Å². The second kappa shape index (κ2) is 17.8. The smallest absolute Gasteiger partial charge is 0.246 e. The molecule has 37 heavy (non-hydrogen) atoms. The van der Waals surface area contributed by atoms with E-state index in [2.05, 4.69) is 32.6 Å². The largest absolute Gasteiger partial charge is 0.385 e. The molecule has 0 rings (SSSR count). The fraction of sp³-hybridized carbons (Fsp3) is 0.786. The topological polar surface area (TPSA) is 105 Å². The Morgan fingerprint density at radius 3 is 1.92 bits per heavy atom. The van der Waals surface area contributed by atoms with Crippen LogP contribution < -0.4 is 5.32 Å². The monoisotopic (exact) mass is 529 g/mol. The van der Waals surface area contributed by atoms with E-state index in [1.165, 1.54) is 0 Å². The number of ketones is 1. The number of likely N-dealkylation sites (N-methyl/N-ethyl adjacent to an activating group) is 2. The van der Waals surface area contributed by atoms with Crippen LogP contribution in [0, 0.1) is 0 Å². The molecule has 3 atom stereocenters. The third-order valence-electron chi connectivity index (χ3n) is 6.15. The van der Waals surface area contributed by atoms with E-state index in [1.807, 2.05) is 21.0 Å². The Balaban J connectivity index is 4.08. The number of aliphatic hydroxyl groups is 2. The van der Waals surface area contributed by atoms with Crippen LogP contribution in [0.2, 0.25) is 0 Å². The van der Waals surface area contributed by atoms with Crippen molar-refractivity contribution in [3.05, 3.63) is 24.3 Å². The number of allylic oxidation sites excluding steroid dienone is 1. The van der Waals surface area contributed by atoms with Crippen LogP contribution in [0.25, 0.3) is 0 Å². The first-order valence-corrected chi connectivity index (χ1v) is 13.4. The van der Waals surface area contributed by atoms with Gasteiger partial charge < -0.3 is 34.0 Å². The van der Waals surface area contributed by atoms with Gasteiger partial charge in [-0.1, -0.05) is 13.2 Å². The third kappa shape index (κ3) is 19.2. The molecule has 0 aliphatic heterocycles. The minimum Gasteiger partial charge on any atom is -0.385 e. The quantitative estimate of drug-likeness (QED) is 0.112. The number of carbonyl (C=O) groups excluding carboxylic acids is 2. The standard InChI is InChI=1S/C28H54N3O6/c1-22(2)27(34)13-10-11-15-30(6,7)17-25(32)20-36-19-24(5)37-21-26(33)18-31(8,9)16-12-14-29-28(35)23(3)4/h24-26,32-33H,1,3,10-21H2,2,4-9H3/q+1/p+1. The van der Waals surface area contributed by atoms with Gasteiger partial charge in [-0.15, -0.1) is 0 Å². The normalized spacial score (nSPS) is 14.6. The molecule has 0 aliphatic carbocycles. The van der Waals surface area contributed by atoms with Gasteiger partial charge in [-0.3, -0.25) is 9.59 Å². The SMILES string of the molecule is C=C(C)C(=O)CCCC[N+](C)(C)CC(O)COCC(C)OCC(O)C[N+](C)(C)CCCNC(=O)C(=C)C. The molecule has 3 N–H and O–H groups in total. The maximum absolute atomic E-state index is 11.6. The summed E-state index contributed by atoms with van der Waals surface area (Å²) in [6, 6.07) is 0. The highest BCUT2D eigenvalue weighted by atomic mass is 16.5. The van der Waals surface area contributed by atoms with Crippen LogP contribution in [-0.2, 0) is 19.1 Å². The molecule has 1 amide bonds. The Labute approximate surface area is 225 Å². The molecule has 0 aromatic heterocycles. The number of nitrogens with one attached hydrogen (secondary N) is 1. The van der Waals surface area contributed by atoms with Crippen molar-refractivity contribution in [1.29, 1.82) is 0 Å². The second-order valence-corrected chi connectivity index (χ2v) is 11.7. The van der Waals surface area contributed by atoms with E-state index < -0.39 is 12.2 Å². The van der Waals surface area contributed by atoms with Crippen molar-refractivity contribution in [2.45, 2.75) is 64.8 Å². The summed E-state index contributed by atoms with van der Waals surface area (Å²) < 4.78 is 12.7. The number of amides is 1. The predicted molar refractivity (Wildman–Crippen MR) is 148 cm³/mol. The first kappa shape index (κ1) is 35.4. The van der Waals surface area contributed by atoms with Crippen molar-refractivity contribution >= 4 is 11.7 Å². The zero-order chi connectivity index (χ0) is 28.6. The fourth-order valence-electron chi connectivity index (χ4n) is 4.02. The molecule has 0 fully saturated rings. The lowest BCUT2D eigenvalue weighted by Crippen LogP contribution is -2.48. The average molecular weight is 530 g/mol. The van der Waals surface area contributed by atoms with E-state index in [4.69, 9.17) is 9.47 Å². The number of Topliss-reactive ketones (excluding diaryl/α,β-unsaturated/α-hetero) is 1. The molecule has 0 saturated carbocycles. The summed E-state index contributed by atoms with van der Waals surface area (Å²) in [6.45, 7) is 16.7. The third-order valence-corrected chi connectivity index (χ3v) is 6.15. The Kier molecular flexibility index (Phi) is 17.0. The highest BCUT2D eigenvalue weighted by molar-refractivity contribution is 5.94. The van der Waals surface area contributed by atoms with Gasteiger partial charge >= 0.3 is 0 Å². The molecule has 0 saturated heterocycles. The Bertz CT molecular complexity index is 723. The van der Waals surface area contributed by atoms with Crippen LogP contribution in [0.15, 0.2) is 24.3 Å². The van der Waals surface area contributed by atoms with Crippen LogP contribution in [0.1, 0.15) is 46.5 Å². The highest BCUT2D eigenvalue weighted by Gasteiger charge is 2.23. The van der Waals surface area contributed by atoms with E-state index in [0.717, 1.165) is 32.4 Å². The van der Waals surface area contributed by atoms with E-state index in [-0.39, 0.29) is 31.0 Å². The zero-order valence-corrected chi connectivity index (χ0v) is 24.6. The Hall–Kier alpha value is -1.62. The lowest BCUT2D eigenvalue weighted by Gasteiger charge is -2.32. The van der Waals surface area contributed by atoms with E-state index in [9.17, 15) is 19.8 Å². The van der Waals surface area contributed by atoms with Crippen molar-refractivity contribution in [3.63, 3.8) is 0 Å². The van der Waals surface area contributed by atoms with Crippen molar-refractivity contribution in [1.82, 2.24) is 5.32 Å². The van der Waals surface area contributed by atoms with Gasteiger partial charge in [0.1, 0.15) is 25.3 Å². The lowest BCUT2D eigenvalue weighted by molar-refractivity contribution is -0.893. The minimum absolute atomic E-state index is 0.117. The highest BCUT2D eigenvalue weighted by Crippen LogP contribution is 2.09. The van der Waals surface area contributed by atoms with Gasteiger partial charge in [-0.25, -0.2) is 0 Å². The summed E-state index contributed by atoms with van der Waals surface area (Å²) in [5, 5.41) is 23.6. The van der Waals surface area contributed by atoms with Gasteiger partial charge in [0.2, 0.25) is 5.91 Å². The number of hydrogen-bond donors (Lipinski definition) is 3. The van der Waals surface area contributed by atoms with Gasteiger partial charge in [-0.2, -0.15) is 0 Å². The number of carbonyl (C=O) groups is 2. The van der Waals surface area contributed by atoms with Crippen LogP contribution in [-0.4, -0.2) is 130 Å². The molecule has 9 heteroatoms. The molecule has 0 bridgehead atoms. The summed E-state index contributed by atoms with van der Waals surface area (Å²) >= 11 is 0. The van der Waals surface area contributed by atoms with Gasteiger partial charge in [0.05, 0.1) is 67.2 Å². The summed E-state index contributed by atoms with van der Waals surface area (Å²) in [4.78, 5) is 23.2. The molecular weight excluding hydrogens is 474 g/mol. The van der Waals surface area contributed by atoms with E-state index in [1.54, 1.807) is 13.8 Å². The Morgan fingerprint density at radius 2 is 1.38 bits per heavy atom. The molecule has 3 unspecified atom stereocenters. The van der Waals surface area contributed by atoms with Crippen LogP contribution in [0.3, 0.4) is 0 Å². The number of aliphatic hydroxyl groups excluding tert-OH is 2. The number of nitrogens with zero attached hydrogens (tertiary/aromatic N) is 2. The summed E-state index contributed by atoms with van der Waals surface area (Å²) in [5.41, 5.74) is 1.10. The molecular formula is C28H55N3O6+2. The molecule has 0 aromatic rings. The summed E-state index contributed by atoms with van der Waals surface area (Å²) in [5.74, 6) is -0.0134. The lowest BCUT2D eigenvalue weighted by atomic mass is 10.1. The minimum atomic E-state index is -0.614. The Morgan fingerprint density at radius 1 is 0.838 bits per heavy atom. The number of ether oxygens (including phenoxy) is 2.